The summed E-state index contributed by atoms with van der Waals surface area (Å²) >= 11 is 0. The van der Waals surface area contributed by atoms with E-state index < -0.39 is 55.8 Å². The van der Waals surface area contributed by atoms with E-state index in [9.17, 15) is 22.0 Å². The molecular weight excluding hydrogens is 501 g/mol. The van der Waals surface area contributed by atoms with Gasteiger partial charge in [-0.1, -0.05) is 0 Å². The fourth-order valence-corrected chi connectivity index (χ4v) is 4.72. The van der Waals surface area contributed by atoms with E-state index in [1.54, 1.807) is 0 Å². The van der Waals surface area contributed by atoms with Crippen molar-refractivity contribution in [1.82, 2.24) is 14.9 Å². The quantitative estimate of drug-likeness (QED) is 0.398. The summed E-state index contributed by atoms with van der Waals surface area (Å²) < 4.78 is 80.7. The molecule has 0 unspecified atom stereocenters. The minimum atomic E-state index is -4.14. The van der Waals surface area contributed by atoms with Crippen molar-refractivity contribution in [3.8, 4) is 11.5 Å². The number of carbonyl (C=O) groups excluding carboxylic acids is 1. The topological polar surface area (TPSA) is 121 Å². The Balaban J connectivity index is 1.75. The zero-order valence-corrected chi connectivity index (χ0v) is 20.5. The first kappa shape index (κ1) is 25.6. The fourth-order valence-electron chi connectivity index (χ4n) is 4.06. The van der Waals surface area contributed by atoms with Crippen LogP contribution in [0.2, 0.25) is 0 Å². The second-order valence-electron chi connectivity index (χ2n) is 9.39. The predicted octanol–water partition coefficient (Wildman–Crippen LogP) is 3.09. The second-order valence-corrected chi connectivity index (χ2v) is 11.8. The number of sulfonamides is 1. The maximum Gasteiger partial charge on any atom is 0.268 e. The first-order valence-corrected chi connectivity index (χ1v) is 12.5. The van der Waals surface area contributed by atoms with Crippen molar-refractivity contribution in [3.63, 3.8) is 0 Å². The number of rotatable bonds is 5. The Morgan fingerprint density at radius 2 is 2.00 bits per heavy atom. The molecule has 1 aromatic rings. The summed E-state index contributed by atoms with van der Waals surface area (Å²) in [6, 6.07) is 1.50. The van der Waals surface area contributed by atoms with Crippen LogP contribution in [0.1, 0.15) is 38.8 Å². The molecule has 1 aromatic carbocycles. The third-order valence-electron chi connectivity index (χ3n) is 5.99. The van der Waals surface area contributed by atoms with E-state index >= 15 is 4.39 Å². The summed E-state index contributed by atoms with van der Waals surface area (Å²) in [6.45, 7) is 3.75. The normalized spacial score (nSPS) is 23.0. The predicted molar refractivity (Wildman–Crippen MR) is 125 cm³/mol. The van der Waals surface area contributed by atoms with Gasteiger partial charge in [0.05, 0.1) is 27.8 Å². The number of fused-ring (bicyclic) bond motifs is 1. The van der Waals surface area contributed by atoms with E-state index in [2.05, 4.69) is 5.32 Å². The van der Waals surface area contributed by atoms with Crippen LogP contribution >= 0.6 is 0 Å². The molecule has 3 N–H and O–H groups in total. The number of hydrogen-bond acceptors (Lipinski definition) is 8. The van der Waals surface area contributed by atoms with Crippen molar-refractivity contribution in [2.24, 2.45) is 0 Å². The molecule has 4 rings (SSSR count). The van der Waals surface area contributed by atoms with Crippen molar-refractivity contribution in [2.75, 3.05) is 13.3 Å². The zero-order valence-electron chi connectivity index (χ0n) is 19.7. The number of ether oxygens (including phenoxy) is 2. The fraction of sp³-hybridized carbons (Fsp3) is 0.391. The molecule has 0 aromatic heterocycles. The van der Waals surface area contributed by atoms with Crippen molar-refractivity contribution in [3.05, 3.63) is 58.6 Å². The van der Waals surface area contributed by atoms with Crippen LogP contribution in [0.25, 0.3) is 0 Å². The minimum absolute atomic E-state index is 0.0852. The Labute approximate surface area is 206 Å². The van der Waals surface area contributed by atoms with Gasteiger partial charge >= 0.3 is 0 Å². The average Bonchev–Trinajstić information content (AvgIpc) is 3.40. The minimum Gasteiger partial charge on any atom is -0.453 e. The standard InChI is InChI=1S/C23H25F3N4O5S/c1-23(2,3)36(32,33)29-22(31)15(9-27)20-19(26)16(4-5-28-20)30-10-13(25)7-17(30)14-6-12(24)8-18-21(14)35-11-34-18/h4-6,8-9,13,17,27-28H,7,10-11H2,1-3H3,(H,29,31)/b20-15+,27-9?/t13-,17+/m0/s1. The Kier molecular flexibility index (Phi) is 6.54. The number of halogens is 3. The van der Waals surface area contributed by atoms with Gasteiger partial charge in [0.1, 0.15) is 12.0 Å². The molecule has 3 aliphatic rings. The van der Waals surface area contributed by atoms with E-state index in [1.165, 1.54) is 44.0 Å². The number of allylic oxidation sites excluding steroid dienone is 2. The largest absolute Gasteiger partial charge is 0.453 e. The van der Waals surface area contributed by atoms with Gasteiger partial charge in [-0.15, -0.1) is 0 Å². The first-order valence-electron chi connectivity index (χ1n) is 11.0. The molecule has 1 fully saturated rings. The summed E-state index contributed by atoms with van der Waals surface area (Å²) in [5.41, 5.74) is -0.898. The molecule has 0 spiro atoms. The number of amides is 1. The average molecular weight is 527 g/mol. The summed E-state index contributed by atoms with van der Waals surface area (Å²) in [4.78, 5) is 14.1. The number of nitrogens with one attached hydrogen (secondary N) is 3. The van der Waals surface area contributed by atoms with Crippen LogP contribution in [-0.4, -0.2) is 49.7 Å². The second kappa shape index (κ2) is 9.19. The number of dihydropyridines is 1. The molecule has 13 heteroatoms. The third-order valence-corrected chi connectivity index (χ3v) is 8.06. The lowest BCUT2D eigenvalue weighted by atomic mass is 10.0. The molecule has 2 atom stereocenters. The summed E-state index contributed by atoms with van der Waals surface area (Å²) in [7, 11) is -4.14. The Hall–Kier alpha value is -3.48. The third kappa shape index (κ3) is 4.54. The maximum absolute atomic E-state index is 15.8. The zero-order chi connectivity index (χ0) is 26.4. The van der Waals surface area contributed by atoms with Crippen LogP contribution in [-0.2, 0) is 14.8 Å². The lowest BCUT2D eigenvalue weighted by molar-refractivity contribution is -0.115. The van der Waals surface area contributed by atoms with Gasteiger partial charge < -0.3 is 25.1 Å². The van der Waals surface area contributed by atoms with Crippen LogP contribution in [0.15, 0.2) is 47.2 Å². The number of nitrogens with zero attached hydrogens (tertiary/aromatic N) is 1. The van der Waals surface area contributed by atoms with Gasteiger partial charge in [-0.05, 0) is 32.9 Å². The van der Waals surface area contributed by atoms with E-state index in [1.807, 2.05) is 4.72 Å². The molecule has 1 saturated heterocycles. The smallest absolute Gasteiger partial charge is 0.268 e. The highest BCUT2D eigenvalue weighted by Crippen LogP contribution is 2.47. The number of likely N-dealkylation sites (tertiary alicyclic amines) is 1. The van der Waals surface area contributed by atoms with Crippen molar-refractivity contribution in [2.45, 2.75) is 44.2 Å². The van der Waals surface area contributed by atoms with Gasteiger partial charge in [0.15, 0.2) is 17.3 Å². The number of alkyl halides is 1. The number of hydrogen-bond donors (Lipinski definition) is 3. The van der Waals surface area contributed by atoms with Gasteiger partial charge in [-0.2, -0.15) is 0 Å². The Bertz CT molecular complexity index is 1320. The van der Waals surface area contributed by atoms with Crippen molar-refractivity contribution < 1.29 is 35.9 Å². The van der Waals surface area contributed by atoms with E-state index in [-0.39, 0.29) is 42.5 Å². The first-order chi connectivity index (χ1) is 16.8. The van der Waals surface area contributed by atoms with E-state index in [4.69, 9.17) is 14.9 Å². The molecule has 36 heavy (non-hydrogen) atoms. The molecule has 3 heterocycles. The van der Waals surface area contributed by atoms with Gasteiger partial charge in [0.25, 0.3) is 5.91 Å². The van der Waals surface area contributed by atoms with Crippen LogP contribution in [0, 0.1) is 11.2 Å². The molecule has 9 nitrogen and oxygen atoms in total. The monoisotopic (exact) mass is 526 g/mol. The summed E-state index contributed by atoms with van der Waals surface area (Å²) in [6.07, 6.45) is 1.65. The van der Waals surface area contributed by atoms with Gasteiger partial charge in [0, 0.05) is 37.0 Å². The van der Waals surface area contributed by atoms with Crippen LogP contribution in [0.3, 0.4) is 0 Å². The van der Waals surface area contributed by atoms with Crippen molar-refractivity contribution >= 4 is 22.1 Å². The van der Waals surface area contributed by atoms with Gasteiger partial charge in [-0.25, -0.2) is 26.3 Å². The molecule has 194 valence electrons. The van der Waals surface area contributed by atoms with Crippen LogP contribution < -0.4 is 19.5 Å². The molecule has 1 amide bonds. The van der Waals surface area contributed by atoms with Crippen LogP contribution in [0.4, 0.5) is 13.2 Å². The number of benzene rings is 1. The Morgan fingerprint density at radius 1 is 1.28 bits per heavy atom. The highest BCUT2D eigenvalue weighted by Gasteiger charge is 2.40. The van der Waals surface area contributed by atoms with E-state index in [0.717, 1.165) is 6.07 Å². The van der Waals surface area contributed by atoms with E-state index in [0.29, 0.717) is 6.21 Å². The molecular formula is C23H25F3N4O5S. The van der Waals surface area contributed by atoms with Crippen LogP contribution in [0.5, 0.6) is 11.5 Å². The maximum atomic E-state index is 15.8. The summed E-state index contributed by atoms with van der Waals surface area (Å²) in [5, 5.41) is 10.2. The molecule has 0 saturated carbocycles. The molecule has 0 bridgehead atoms. The highest BCUT2D eigenvalue weighted by molar-refractivity contribution is 7.91. The lowest BCUT2D eigenvalue weighted by Gasteiger charge is -2.30. The summed E-state index contributed by atoms with van der Waals surface area (Å²) in [5.74, 6) is -2.45. The van der Waals surface area contributed by atoms with Crippen molar-refractivity contribution in [1.29, 1.82) is 5.41 Å². The SMILES string of the molecule is CC(C)(C)S(=O)(=O)NC(=O)/C(C=N)=C1/NC=CC(N2C[C@@H](F)C[C@@H]2c2cc(F)cc3c2OCO3)=C1F. The molecule has 0 aliphatic carbocycles. The highest BCUT2D eigenvalue weighted by atomic mass is 32.2. The van der Waals surface area contributed by atoms with Gasteiger partial charge in [0.2, 0.25) is 16.8 Å². The molecule has 3 aliphatic heterocycles. The van der Waals surface area contributed by atoms with Gasteiger partial charge in [-0.3, -0.25) is 4.79 Å². The lowest BCUT2D eigenvalue weighted by Crippen LogP contribution is -2.43. The number of carbonyl (C=O) groups is 1. The Morgan fingerprint density at radius 3 is 2.67 bits per heavy atom. The molecule has 0 radical (unpaired) electrons.